The SMILES string of the molecule is OC(P)(c1ccccc1)c1ccccc1. The Bertz CT molecular complexity index is 381. The Hall–Kier alpha value is -1.17. The van der Waals surface area contributed by atoms with Crippen LogP contribution in [-0.4, -0.2) is 5.11 Å². The largest absolute Gasteiger partial charge is 0.377 e. The molecular weight excluding hydrogens is 203 g/mol. The van der Waals surface area contributed by atoms with Gasteiger partial charge in [-0.15, -0.1) is 0 Å². The summed E-state index contributed by atoms with van der Waals surface area (Å²) in [7, 11) is 2.50. The Morgan fingerprint density at radius 3 is 1.40 bits per heavy atom. The maximum absolute atomic E-state index is 10.4. The zero-order chi connectivity index (χ0) is 10.7. The lowest BCUT2D eigenvalue weighted by Gasteiger charge is -2.24. The second-order valence-electron chi connectivity index (χ2n) is 3.50. The second-order valence-corrected chi connectivity index (χ2v) is 4.33. The summed E-state index contributed by atoms with van der Waals surface area (Å²) in [5.41, 5.74) is 1.75. The molecular formula is C13H13OP. The molecule has 0 saturated carbocycles. The molecule has 1 atom stereocenters. The van der Waals surface area contributed by atoms with Crippen molar-refractivity contribution >= 4 is 9.24 Å². The van der Waals surface area contributed by atoms with Gasteiger partial charge in [0.1, 0.15) is 5.34 Å². The first-order valence-electron chi connectivity index (χ1n) is 4.83. The number of aliphatic hydroxyl groups is 1. The molecule has 0 saturated heterocycles. The molecule has 0 spiro atoms. The smallest absolute Gasteiger partial charge is 0.128 e. The standard InChI is InChI=1S/C13H13OP/c14-13(15,11-7-3-1-4-8-11)12-9-5-2-6-10-12/h1-10,14H,15H2. The molecule has 1 N–H and O–H groups in total. The first-order valence-corrected chi connectivity index (χ1v) is 5.41. The van der Waals surface area contributed by atoms with Crippen LogP contribution in [-0.2, 0) is 5.34 Å². The van der Waals surface area contributed by atoms with Gasteiger partial charge in [0.2, 0.25) is 0 Å². The minimum absolute atomic E-state index is 0.876. The van der Waals surface area contributed by atoms with Crippen LogP contribution in [0.2, 0.25) is 0 Å². The van der Waals surface area contributed by atoms with Crippen molar-refractivity contribution in [1.82, 2.24) is 0 Å². The average Bonchev–Trinajstić information content (AvgIpc) is 2.31. The van der Waals surface area contributed by atoms with Crippen LogP contribution in [0, 0.1) is 0 Å². The highest BCUT2D eigenvalue weighted by atomic mass is 31.0. The first kappa shape index (κ1) is 10.4. The van der Waals surface area contributed by atoms with E-state index in [0.29, 0.717) is 0 Å². The van der Waals surface area contributed by atoms with Gasteiger partial charge in [0.05, 0.1) is 0 Å². The third kappa shape index (κ3) is 2.09. The summed E-state index contributed by atoms with van der Waals surface area (Å²) in [4.78, 5) is 0. The third-order valence-electron chi connectivity index (χ3n) is 2.43. The molecule has 2 rings (SSSR count). The van der Waals surface area contributed by atoms with E-state index in [2.05, 4.69) is 9.24 Å². The van der Waals surface area contributed by atoms with Gasteiger partial charge in [0, 0.05) is 0 Å². The molecule has 76 valence electrons. The van der Waals surface area contributed by atoms with E-state index < -0.39 is 5.34 Å². The van der Waals surface area contributed by atoms with Crippen LogP contribution >= 0.6 is 9.24 Å². The monoisotopic (exact) mass is 216 g/mol. The lowest BCUT2D eigenvalue weighted by molar-refractivity contribution is 0.180. The topological polar surface area (TPSA) is 20.2 Å². The Morgan fingerprint density at radius 2 is 1.07 bits per heavy atom. The number of benzene rings is 2. The van der Waals surface area contributed by atoms with Crippen molar-refractivity contribution in [1.29, 1.82) is 0 Å². The van der Waals surface area contributed by atoms with Crippen LogP contribution in [0.25, 0.3) is 0 Å². The van der Waals surface area contributed by atoms with Gasteiger partial charge in [-0.25, -0.2) is 0 Å². The number of hydrogen-bond donors (Lipinski definition) is 1. The summed E-state index contributed by atoms with van der Waals surface area (Å²) in [6.45, 7) is 0. The Labute approximate surface area is 92.0 Å². The normalized spacial score (nSPS) is 11.3. The molecule has 0 amide bonds. The summed E-state index contributed by atoms with van der Waals surface area (Å²) in [6, 6.07) is 19.2. The average molecular weight is 216 g/mol. The van der Waals surface area contributed by atoms with E-state index >= 15 is 0 Å². The highest BCUT2D eigenvalue weighted by Gasteiger charge is 2.24. The molecule has 0 bridgehead atoms. The molecule has 0 aromatic heterocycles. The van der Waals surface area contributed by atoms with Crippen LogP contribution in [0.15, 0.2) is 60.7 Å². The summed E-state index contributed by atoms with van der Waals surface area (Å²) in [5.74, 6) is 0. The molecule has 2 aromatic carbocycles. The van der Waals surface area contributed by atoms with Gasteiger partial charge in [0.15, 0.2) is 0 Å². The number of rotatable bonds is 2. The van der Waals surface area contributed by atoms with Crippen molar-refractivity contribution in [3.8, 4) is 0 Å². The maximum atomic E-state index is 10.4. The van der Waals surface area contributed by atoms with Gasteiger partial charge in [0.25, 0.3) is 0 Å². The van der Waals surface area contributed by atoms with Crippen LogP contribution in [0.4, 0.5) is 0 Å². The molecule has 0 aliphatic heterocycles. The minimum Gasteiger partial charge on any atom is -0.377 e. The van der Waals surface area contributed by atoms with E-state index in [4.69, 9.17) is 0 Å². The van der Waals surface area contributed by atoms with Gasteiger partial charge >= 0.3 is 0 Å². The van der Waals surface area contributed by atoms with Crippen molar-refractivity contribution in [3.05, 3.63) is 71.8 Å². The third-order valence-corrected chi connectivity index (χ3v) is 3.09. The predicted molar refractivity (Wildman–Crippen MR) is 65.6 cm³/mol. The van der Waals surface area contributed by atoms with E-state index in [0.717, 1.165) is 11.1 Å². The van der Waals surface area contributed by atoms with Crippen molar-refractivity contribution in [2.45, 2.75) is 5.34 Å². The zero-order valence-corrected chi connectivity index (χ0v) is 9.45. The highest BCUT2D eigenvalue weighted by Crippen LogP contribution is 2.35. The Kier molecular flexibility index (Phi) is 2.86. The van der Waals surface area contributed by atoms with Crippen molar-refractivity contribution in [2.24, 2.45) is 0 Å². The molecule has 1 unspecified atom stereocenters. The highest BCUT2D eigenvalue weighted by molar-refractivity contribution is 7.18. The van der Waals surface area contributed by atoms with Gasteiger partial charge in [-0.05, 0) is 11.1 Å². The van der Waals surface area contributed by atoms with Crippen LogP contribution in [0.5, 0.6) is 0 Å². The molecule has 0 aliphatic rings. The Morgan fingerprint density at radius 1 is 0.733 bits per heavy atom. The van der Waals surface area contributed by atoms with E-state index in [-0.39, 0.29) is 0 Å². The second kappa shape index (κ2) is 4.14. The quantitative estimate of drug-likeness (QED) is 0.765. The molecule has 1 nitrogen and oxygen atoms in total. The van der Waals surface area contributed by atoms with Crippen LogP contribution in [0.3, 0.4) is 0 Å². The molecule has 0 radical (unpaired) electrons. The van der Waals surface area contributed by atoms with Crippen molar-refractivity contribution in [3.63, 3.8) is 0 Å². The van der Waals surface area contributed by atoms with Crippen molar-refractivity contribution in [2.75, 3.05) is 0 Å². The fourth-order valence-electron chi connectivity index (χ4n) is 1.55. The fraction of sp³-hybridized carbons (Fsp3) is 0.0769. The van der Waals surface area contributed by atoms with Crippen LogP contribution < -0.4 is 0 Å². The molecule has 0 fully saturated rings. The van der Waals surface area contributed by atoms with E-state index in [1.165, 1.54) is 0 Å². The van der Waals surface area contributed by atoms with Gasteiger partial charge in [-0.2, -0.15) is 0 Å². The lowest BCUT2D eigenvalue weighted by Crippen LogP contribution is -2.18. The van der Waals surface area contributed by atoms with Gasteiger partial charge in [-0.1, -0.05) is 69.9 Å². The lowest BCUT2D eigenvalue weighted by atomic mass is 10.0. The Balaban J connectivity index is 2.44. The maximum Gasteiger partial charge on any atom is 0.128 e. The molecule has 2 heteroatoms. The minimum atomic E-state index is -0.998. The number of hydrogen-bond acceptors (Lipinski definition) is 1. The summed E-state index contributed by atoms with van der Waals surface area (Å²) < 4.78 is 0. The van der Waals surface area contributed by atoms with E-state index in [9.17, 15) is 5.11 Å². The molecule has 0 heterocycles. The summed E-state index contributed by atoms with van der Waals surface area (Å²) in [6.07, 6.45) is 0. The van der Waals surface area contributed by atoms with Gasteiger partial charge < -0.3 is 5.11 Å². The summed E-state index contributed by atoms with van der Waals surface area (Å²) >= 11 is 0. The summed E-state index contributed by atoms with van der Waals surface area (Å²) in [5, 5.41) is 9.42. The van der Waals surface area contributed by atoms with E-state index in [1.807, 2.05) is 60.7 Å². The van der Waals surface area contributed by atoms with Crippen LogP contribution in [0.1, 0.15) is 11.1 Å². The van der Waals surface area contributed by atoms with Crippen molar-refractivity contribution < 1.29 is 5.11 Å². The predicted octanol–water partition coefficient (Wildman–Crippen LogP) is 2.76. The van der Waals surface area contributed by atoms with E-state index in [1.54, 1.807) is 0 Å². The first-order chi connectivity index (χ1) is 7.21. The van der Waals surface area contributed by atoms with Gasteiger partial charge in [-0.3, -0.25) is 0 Å². The molecule has 2 aromatic rings. The zero-order valence-electron chi connectivity index (χ0n) is 8.30. The fourth-order valence-corrected chi connectivity index (χ4v) is 1.94. The molecule has 15 heavy (non-hydrogen) atoms. The molecule has 0 aliphatic carbocycles.